The van der Waals surface area contributed by atoms with Crippen molar-refractivity contribution >= 4 is 41.3 Å². The Balaban J connectivity index is 1.64. The van der Waals surface area contributed by atoms with Crippen LogP contribution in [-0.4, -0.2) is 63.2 Å². The lowest BCUT2D eigenvalue weighted by Crippen LogP contribution is -2.55. The van der Waals surface area contributed by atoms with Gasteiger partial charge < -0.3 is 26.0 Å². The van der Waals surface area contributed by atoms with Gasteiger partial charge in [0.2, 0.25) is 11.8 Å². The summed E-state index contributed by atoms with van der Waals surface area (Å²) >= 11 is 4.15. The van der Waals surface area contributed by atoms with Gasteiger partial charge in [-0.25, -0.2) is 4.79 Å². The number of nitrogens with two attached hydrogens (primary N) is 1. The van der Waals surface area contributed by atoms with Gasteiger partial charge in [0.15, 0.2) is 0 Å². The van der Waals surface area contributed by atoms with Crippen molar-refractivity contribution in [3.63, 3.8) is 0 Å². The molecule has 0 radical (unpaired) electrons. The van der Waals surface area contributed by atoms with Gasteiger partial charge in [0, 0.05) is 29.4 Å². The second-order valence-electron chi connectivity index (χ2n) is 6.94. The number of aromatic amines is 1. The van der Waals surface area contributed by atoms with Crippen LogP contribution >= 0.6 is 12.6 Å². The second kappa shape index (κ2) is 8.66. The number of rotatable bonds is 7. The summed E-state index contributed by atoms with van der Waals surface area (Å²) in [6.07, 6.45) is 3.16. The van der Waals surface area contributed by atoms with E-state index in [1.165, 1.54) is 4.90 Å². The predicted molar refractivity (Wildman–Crippen MR) is 108 cm³/mol. The molecule has 2 amide bonds. The topological polar surface area (TPSA) is 129 Å². The number of carbonyl (C=O) groups is 3. The summed E-state index contributed by atoms with van der Waals surface area (Å²) in [5, 5.41) is 12.9. The van der Waals surface area contributed by atoms with E-state index in [-0.39, 0.29) is 5.75 Å². The first-order chi connectivity index (χ1) is 13.4. The van der Waals surface area contributed by atoms with Crippen LogP contribution in [-0.2, 0) is 20.8 Å². The van der Waals surface area contributed by atoms with Crippen molar-refractivity contribution in [2.45, 2.75) is 37.4 Å². The molecule has 9 heteroatoms. The zero-order valence-electron chi connectivity index (χ0n) is 15.3. The minimum Gasteiger partial charge on any atom is -0.480 e. The number of nitrogens with one attached hydrogen (secondary N) is 2. The van der Waals surface area contributed by atoms with Crippen LogP contribution in [0.15, 0.2) is 30.5 Å². The molecule has 1 aromatic heterocycles. The zero-order valence-corrected chi connectivity index (χ0v) is 16.2. The SMILES string of the molecule is N[C@@H](Cc1c[nH]c2ccccc12)C(=O)N[C@@H](CS)C(=O)N1CCC[C@@H]1C(=O)O. The molecule has 3 atom stereocenters. The largest absolute Gasteiger partial charge is 0.480 e. The third-order valence-electron chi connectivity index (χ3n) is 5.07. The zero-order chi connectivity index (χ0) is 20.3. The van der Waals surface area contributed by atoms with Gasteiger partial charge in [0.05, 0.1) is 6.04 Å². The van der Waals surface area contributed by atoms with E-state index in [1.807, 2.05) is 30.5 Å². The number of likely N-dealkylation sites (tertiary alicyclic amines) is 1. The number of amides is 2. The van der Waals surface area contributed by atoms with Gasteiger partial charge >= 0.3 is 5.97 Å². The molecule has 0 unspecified atom stereocenters. The summed E-state index contributed by atoms with van der Waals surface area (Å²) in [6, 6.07) is 5.11. The smallest absolute Gasteiger partial charge is 0.326 e. The summed E-state index contributed by atoms with van der Waals surface area (Å²) < 4.78 is 0. The Labute approximate surface area is 167 Å². The summed E-state index contributed by atoms with van der Waals surface area (Å²) in [6.45, 7) is 0.358. The van der Waals surface area contributed by atoms with Gasteiger partial charge in [-0.3, -0.25) is 9.59 Å². The number of thiol groups is 1. The van der Waals surface area contributed by atoms with E-state index in [0.717, 1.165) is 16.5 Å². The van der Waals surface area contributed by atoms with Crippen LogP contribution in [0.5, 0.6) is 0 Å². The van der Waals surface area contributed by atoms with E-state index in [9.17, 15) is 19.5 Å². The molecule has 1 fully saturated rings. The predicted octanol–water partition coefficient (Wildman–Crippen LogP) is 0.528. The molecule has 2 heterocycles. The van der Waals surface area contributed by atoms with Crippen LogP contribution in [0.25, 0.3) is 10.9 Å². The summed E-state index contributed by atoms with van der Waals surface area (Å²) in [7, 11) is 0. The van der Waals surface area contributed by atoms with Gasteiger partial charge in [-0.1, -0.05) is 18.2 Å². The summed E-state index contributed by atoms with van der Waals surface area (Å²) in [5.41, 5.74) is 7.94. The maximum Gasteiger partial charge on any atom is 0.326 e. The Hall–Kier alpha value is -2.52. The second-order valence-corrected chi connectivity index (χ2v) is 7.31. The molecule has 150 valence electrons. The molecule has 1 aromatic carbocycles. The Bertz CT molecular complexity index is 884. The van der Waals surface area contributed by atoms with Crippen LogP contribution in [0.2, 0.25) is 0 Å². The van der Waals surface area contributed by atoms with E-state index < -0.39 is 35.9 Å². The highest BCUT2D eigenvalue weighted by molar-refractivity contribution is 7.80. The Kier molecular flexibility index (Phi) is 6.25. The molecule has 0 aliphatic carbocycles. The minimum atomic E-state index is -1.04. The number of carbonyl (C=O) groups excluding carboxylic acids is 2. The molecule has 28 heavy (non-hydrogen) atoms. The van der Waals surface area contributed by atoms with Crippen LogP contribution in [0, 0.1) is 0 Å². The average molecular weight is 404 g/mol. The maximum atomic E-state index is 12.7. The maximum absolute atomic E-state index is 12.7. The number of carboxylic acid groups (broad SMARTS) is 1. The van der Waals surface area contributed by atoms with Crippen molar-refractivity contribution in [3.8, 4) is 0 Å². The molecule has 1 aliphatic heterocycles. The fourth-order valence-electron chi connectivity index (χ4n) is 3.58. The monoisotopic (exact) mass is 404 g/mol. The molecule has 2 aromatic rings. The van der Waals surface area contributed by atoms with Gasteiger partial charge in [0.1, 0.15) is 12.1 Å². The van der Waals surface area contributed by atoms with Gasteiger partial charge in [-0.05, 0) is 30.9 Å². The Morgan fingerprint density at radius 2 is 2.11 bits per heavy atom. The minimum absolute atomic E-state index is 0.0627. The first-order valence-corrected chi connectivity index (χ1v) is 9.80. The number of aliphatic carboxylic acids is 1. The van der Waals surface area contributed by atoms with Crippen LogP contribution in [0.4, 0.5) is 0 Å². The van der Waals surface area contributed by atoms with Crippen LogP contribution in [0.3, 0.4) is 0 Å². The normalized spacial score (nSPS) is 18.8. The highest BCUT2D eigenvalue weighted by Gasteiger charge is 2.37. The molecule has 8 nitrogen and oxygen atoms in total. The van der Waals surface area contributed by atoms with Gasteiger partial charge in [-0.2, -0.15) is 12.6 Å². The third kappa shape index (κ3) is 4.15. The molecule has 0 spiro atoms. The van der Waals surface area contributed by atoms with E-state index in [2.05, 4.69) is 22.9 Å². The lowest BCUT2D eigenvalue weighted by molar-refractivity contribution is -0.149. The molecular formula is C19H24N4O4S. The summed E-state index contributed by atoms with van der Waals surface area (Å²) in [5.74, 6) is -1.88. The molecule has 0 bridgehead atoms. The number of hydrogen-bond donors (Lipinski definition) is 5. The highest BCUT2D eigenvalue weighted by atomic mass is 32.1. The standard InChI is InChI=1S/C19H24N4O4S/c20-13(8-11-9-21-14-5-2-1-4-12(11)14)17(24)22-15(10-28)18(25)23-7-3-6-16(23)19(26)27/h1-2,4-5,9,13,15-16,21,28H,3,6-8,10,20H2,(H,22,24)(H,26,27)/t13-,15-,16+/m0/s1. The average Bonchev–Trinajstić information content (AvgIpc) is 3.33. The molecule has 1 saturated heterocycles. The van der Waals surface area contributed by atoms with E-state index >= 15 is 0 Å². The van der Waals surface area contributed by atoms with Gasteiger partial charge in [-0.15, -0.1) is 0 Å². The number of aromatic nitrogens is 1. The molecule has 5 N–H and O–H groups in total. The quantitative estimate of drug-likeness (QED) is 0.430. The van der Waals surface area contributed by atoms with Crippen molar-refractivity contribution < 1.29 is 19.5 Å². The van der Waals surface area contributed by atoms with Crippen molar-refractivity contribution in [1.29, 1.82) is 0 Å². The van der Waals surface area contributed by atoms with E-state index in [1.54, 1.807) is 0 Å². The Morgan fingerprint density at radius 3 is 2.82 bits per heavy atom. The number of H-pyrrole nitrogens is 1. The molecular weight excluding hydrogens is 380 g/mol. The lowest BCUT2D eigenvalue weighted by atomic mass is 10.0. The van der Waals surface area contributed by atoms with Crippen LogP contribution in [0.1, 0.15) is 18.4 Å². The number of fused-ring (bicyclic) bond motifs is 1. The number of para-hydroxylation sites is 1. The van der Waals surface area contributed by atoms with E-state index in [4.69, 9.17) is 5.73 Å². The van der Waals surface area contributed by atoms with Crippen molar-refractivity contribution in [2.75, 3.05) is 12.3 Å². The lowest BCUT2D eigenvalue weighted by Gasteiger charge is -2.27. The van der Waals surface area contributed by atoms with Gasteiger partial charge in [0.25, 0.3) is 0 Å². The van der Waals surface area contributed by atoms with Crippen molar-refractivity contribution in [3.05, 3.63) is 36.0 Å². The number of benzene rings is 1. The molecule has 0 saturated carbocycles. The summed E-state index contributed by atoms with van der Waals surface area (Å²) in [4.78, 5) is 41.0. The third-order valence-corrected chi connectivity index (χ3v) is 5.43. The van der Waals surface area contributed by atoms with Crippen LogP contribution < -0.4 is 11.1 Å². The highest BCUT2D eigenvalue weighted by Crippen LogP contribution is 2.20. The first-order valence-electron chi connectivity index (χ1n) is 9.17. The van der Waals surface area contributed by atoms with E-state index in [0.29, 0.717) is 25.8 Å². The Morgan fingerprint density at radius 1 is 1.36 bits per heavy atom. The molecule has 3 rings (SSSR count). The van der Waals surface area contributed by atoms with Crippen molar-refractivity contribution in [1.82, 2.24) is 15.2 Å². The first kappa shape index (κ1) is 20.2. The van der Waals surface area contributed by atoms with Crippen molar-refractivity contribution in [2.24, 2.45) is 5.73 Å². The fourth-order valence-corrected chi connectivity index (χ4v) is 3.83. The fraction of sp³-hybridized carbons (Fsp3) is 0.421. The molecule has 1 aliphatic rings. The number of hydrogen-bond acceptors (Lipinski definition) is 5. The number of carboxylic acids is 1. The number of nitrogens with zero attached hydrogens (tertiary/aromatic N) is 1.